The summed E-state index contributed by atoms with van der Waals surface area (Å²) >= 11 is 0. The van der Waals surface area contributed by atoms with E-state index in [4.69, 9.17) is 12.3 Å². The number of nitrogens with zero attached hydrogens (tertiary/aromatic N) is 4. The number of alkyl halides is 2. The summed E-state index contributed by atoms with van der Waals surface area (Å²) < 4.78 is 34.6. The molecule has 3 rings (SSSR count). The van der Waals surface area contributed by atoms with Crippen molar-refractivity contribution in [2.75, 3.05) is 6.61 Å². The zero-order valence-corrected chi connectivity index (χ0v) is 12.2. The molecule has 23 heavy (non-hydrogen) atoms. The number of aromatic nitrogens is 2. The lowest BCUT2D eigenvalue weighted by molar-refractivity contribution is -0.116. The van der Waals surface area contributed by atoms with E-state index in [2.05, 4.69) is 19.7 Å². The molecule has 1 atom stereocenters. The summed E-state index contributed by atoms with van der Waals surface area (Å²) in [5, 5.41) is 4.10. The summed E-state index contributed by atoms with van der Waals surface area (Å²) in [6, 6.07) is 6.42. The molecule has 118 valence electrons. The Morgan fingerprint density at radius 1 is 1.43 bits per heavy atom. The van der Waals surface area contributed by atoms with Gasteiger partial charge in [0.25, 0.3) is 6.02 Å². The number of nitrogens with two attached hydrogens (primary N) is 1. The SMILES string of the molecule is [C-]#[N+]c1cccc(-n2cc([C@@]3(C)N=C(N)OCC3(F)F)cn2)c1. The molecule has 0 radical (unpaired) electrons. The van der Waals surface area contributed by atoms with E-state index in [1.165, 1.54) is 24.0 Å². The molecule has 0 amide bonds. The first-order valence-corrected chi connectivity index (χ1v) is 6.75. The molecule has 1 aliphatic rings. The third kappa shape index (κ3) is 2.40. The molecule has 2 heterocycles. The molecule has 0 unspecified atom stereocenters. The van der Waals surface area contributed by atoms with E-state index in [1.807, 2.05) is 0 Å². The van der Waals surface area contributed by atoms with E-state index in [-0.39, 0.29) is 11.6 Å². The van der Waals surface area contributed by atoms with Crippen LogP contribution in [0.25, 0.3) is 10.5 Å². The van der Waals surface area contributed by atoms with Crippen molar-refractivity contribution in [3.63, 3.8) is 0 Å². The summed E-state index contributed by atoms with van der Waals surface area (Å²) in [4.78, 5) is 7.13. The first-order valence-electron chi connectivity index (χ1n) is 6.75. The van der Waals surface area contributed by atoms with E-state index < -0.39 is 18.1 Å². The minimum atomic E-state index is -3.22. The Balaban J connectivity index is 2.04. The topological polar surface area (TPSA) is 69.8 Å². The van der Waals surface area contributed by atoms with Crippen LogP contribution in [0.1, 0.15) is 12.5 Å². The van der Waals surface area contributed by atoms with Gasteiger partial charge in [0, 0.05) is 11.8 Å². The predicted octanol–water partition coefficient (Wildman–Crippen LogP) is 2.62. The van der Waals surface area contributed by atoms with Crippen molar-refractivity contribution in [1.82, 2.24) is 9.78 Å². The van der Waals surface area contributed by atoms with Crippen LogP contribution in [-0.2, 0) is 10.3 Å². The maximum absolute atomic E-state index is 14.3. The fraction of sp³-hybridized carbons (Fsp3) is 0.267. The fourth-order valence-corrected chi connectivity index (χ4v) is 2.34. The van der Waals surface area contributed by atoms with Crippen LogP contribution in [0.3, 0.4) is 0 Å². The van der Waals surface area contributed by atoms with Gasteiger partial charge in [0.05, 0.1) is 18.5 Å². The predicted molar refractivity (Wildman–Crippen MR) is 79.7 cm³/mol. The highest BCUT2D eigenvalue weighted by molar-refractivity contribution is 5.73. The Morgan fingerprint density at radius 2 is 2.22 bits per heavy atom. The first-order chi connectivity index (χ1) is 10.9. The Morgan fingerprint density at radius 3 is 2.96 bits per heavy atom. The summed E-state index contributed by atoms with van der Waals surface area (Å²) in [5.41, 5.74) is 4.85. The smallest absolute Gasteiger partial charge is 0.310 e. The molecule has 0 spiro atoms. The van der Waals surface area contributed by atoms with Gasteiger partial charge in [0.1, 0.15) is 0 Å². The molecule has 2 aromatic rings. The largest absolute Gasteiger partial charge is 0.459 e. The van der Waals surface area contributed by atoms with Gasteiger partial charge in [-0.25, -0.2) is 14.5 Å². The number of benzene rings is 1. The lowest BCUT2D eigenvalue weighted by atomic mass is 9.88. The summed E-state index contributed by atoms with van der Waals surface area (Å²) in [6.07, 6.45) is 2.78. The van der Waals surface area contributed by atoms with Crippen molar-refractivity contribution in [2.24, 2.45) is 10.7 Å². The van der Waals surface area contributed by atoms with E-state index >= 15 is 0 Å². The lowest BCUT2D eigenvalue weighted by Crippen LogP contribution is -2.50. The normalized spacial score (nSPS) is 22.8. The summed E-state index contributed by atoms with van der Waals surface area (Å²) in [5.74, 6) is -3.22. The van der Waals surface area contributed by atoms with E-state index in [0.29, 0.717) is 11.4 Å². The van der Waals surface area contributed by atoms with Crippen LogP contribution < -0.4 is 5.73 Å². The molecule has 0 fully saturated rings. The third-order valence-corrected chi connectivity index (χ3v) is 3.82. The highest BCUT2D eigenvalue weighted by Crippen LogP contribution is 2.43. The average molecular weight is 317 g/mol. The van der Waals surface area contributed by atoms with Gasteiger partial charge >= 0.3 is 5.92 Å². The van der Waals surface area contributed by atoms with E-state index in [9.17, 15) is 8.78 Å². The summed E-state index contributed by atoms with van der Waals surface area (Å²) in [7, 11) is 0. The van der Waals surface area contributed by atoms with E-state index in [0.717, 1.165) is 0 Å². The Hall–Kier alpha value is -2.95. The maximum Gasteiger partial charge on any atom is 0.310 e. The Kier molecular flexibility index (Phi) is 3.29. The molecular weight excluding hydrogens is 304 g/mol. The third-order valence-electron chi connectivity index (χ3n) is 3.82. The highest BCUT2D eigenvalue weighted by Gasteiger charge is 2.55. The van der Waals surface area contributed by atoms with Crippen LogP contribution in [0.15, 0.2) is 41.7 Å². The fourth-order valence-electron chi connectivity index (χ4n) is 2.34. The molecule has 1 aliphatic heterocycles. The number of rotatable bonds is 2. The molecule has 0 saturated carbocycles. The minimum Gasteiger partial charge on any atom is -0.459 e. The van der Waals surface area contributed by atoms with Gasteiger partial charge in [0.15, 0.2) is 17.8 Å². The number of amidine groups is 1. The Bertz CT molecular complexity index is 823. The average Bonchev–Trinajstić information content (AvgIpc) is 3.02. The molecule has 8 heteroatoms. The first kappa shape index (κ1) is 15.0. The minimum absolute atomic E-state index is 0.210. The van der Waals surface area contributed by atoms with Gasteiger partial charge < -0.3 is 10.5 Å². The zero-order valence-electron chi connectivity index (χ0n) is 12.2. The second-order valence-electron chi connectivity index (χ2n) is 5.32. The molecule has 0 saturated heterocycles. The lowest BCUT2D eigenvalue weighted by Gasteiger charge is -2.36. The van der Waals surface area contributed by atoms with Crippen molar-refractivity contribution in [1.29, 1.82) is 0 Å². The standard InChI is InChI=1S/C15H13F2N5O/c1-14(15(16,17)9-23-13(18)21-14)10-7-20-22(8-10)12-5-3-4-11(6-12)19-2/h3-8H,9H2,1H3,(H2,18,21)/t14-/m1/s1. The Labute approximate surface area is 131 Å². The number of hydrogen-bond donors (Lipinski definition) is 1. The van der Waals surface area contributed by atoms with Crippen molar-refractivity contribution in [3.8, 4) is 5.69 Å². The molecule has 0 bridgehead atoms. The summed E-state index contributed by atoms with van der Waals surface area (Å²) in [6.45, 7) is 7.48. The van der Waals surface area contributed by atoms with Crippen LogP contribution >= 0.6 is 0 Å². The van der Waals surface area contributed by atoms with Crippen molar-refractivity contribution < 1.29 is 13.5 Å². The number of aliphatic imine (C=N–C) groups is 1. The number of hydrogen-bond acceptors (Lipinski definition) is 4. The number of ether oxygens (including phenoxy) is 1. The molecule has 1 aromatic heterocycles. The van der Waals surface area contributed by atoms with Crippen molar-refractivity contribution in [2.45, 2.75) is 18.4 Å². The van der Waals surface area contributed by atoms with Crippen molar-refractivity contribution >= 4 is 11.7 Å². The van der Waals surface area contributed by atoms with E-state index in [1.54, 1.807) is 24.3 Å². The highest BCUT2D eigenvalue weighted by atomic mass is 19.3. The van der Waals surface area contributed by atoms with Crippen LogP contribution in [0.5, 0.6) is 0 Å². The molecule has 2 N–H and O–H groups in total. The van der Waals surface area contributed by atoms with Gasteiger partial charge in [0.2, 0.25) is 0 Å². The number of halogens is 2. The molecular formula is C15H13F2N5O. The van der Waals surface area contributed by atoms with Gasteiger partial charge in [-0.15, -0.1) is 0 Å². The van der Waals surface area contributed by atoms with Crippen LogP contribution in [0, 0.1) is 6.57 Å². The van der Waals surface area contributed by atoms with Crippen LogP contribution in [0.4, 0.5) is 14.5 Å². The van der Waals surface area contributed by atoms with Crippen LogP contribution in [-0.4, -0.2) is 28.3 Å². The monoisotopic (exact) mass is 317 g/mol. The molecule has 1 aromatic carbocycles. The van der Waals surface area contributed by atoms with Gasteiger partial charge in [-0.3, -0.25) is 0 Å². The van der Waals surface area contributed by atoms with Crippen LogP contribution in [0.2, 0.25) is 0 Å². The van der Waals surface area contributed by atoms with Crippen molar-refractivity contribution in [3.05, 3.63) is 53.6 Å². The van der Waals surface area contributed by atoms with Gasteiger partial charge in [-0.2, -0.15) is 13.9 Å². The van der Waals surface area contributed by atoms with Gasteiger partial charge in [-0.05, 0) is 19.1 Å². The quantitative estimate of drug-likeness (QED) is 0.866. The molecule has 0 aliphatic carbocycles. The molecule has 6 nitrogen and oxygen atoms in total. The maximum atomic E-state index is 14.3. The second-order valence-corrected chi connectivity index (χ2v) is 5.32. The second kappa shape index (κ2) is 5.05. The van der Waals surface area contributed by atoms with Gasteiger partial charge in [-0.1, -0.05) is 12.1 Å². The zero-order chi connectivity index (χ0) is 16.7.